The van der Waals surface area contributed by atoms with E-state index in [4.69, 9.17) is 0 Å². The van der Waals surface area contributed by atoms with Gasteiger partial charge in [-0.25, -0.2) is 0 Å². The van der Waals surface area contributed by atoms with E-state index in [0.29, 0.717) is 6.04 Å². The Bertz CT molecular complexity index is 786. The molecule has 1 aromatic heterocycles. The lowest BCUT2D eigenvalue weighted by molar-refractivity contribution is 0.245. The summed E-state index contributed by atoms with van der Waals surface area (Å²) in [6, 6.07) is 11.5. The van der Waals surface area contributed by atoms with Crippen LogP contribution in [0, 0.1) is 20.8 Å². The Morgan fingerprint density at radius 1 is 1.10 bits per heavy atom. The highest BCUT2D eigenvalue weighted by molar-refractivity contribution is 5.79. The van der Waals surface area contributed by atoms with Crippen LogP contribution in [0.15, 0.2) is 35.3 Å². The summed E-state index contributed by atoms with van der Waals surface area (Å²) >= 11 is 0. The molecule has 29 heavy (non-hydrogen) atoms. The Hall–Kier alpha value is -2.34. The number of nitrogens with zero attached hydrogens (tertiary/aromatic N) is 4. The predicted molar refractivity (Wildman–Crippen MR) is 120 cm³/mol. The number of likely N-dealkylation sites (tertiary alicyclic amines) is 1. The van der Waals surface area contributed by atoms with Crippen molar-refractivity contribution in [3.8, 4) is 0 Å². The number of hydrogen-bond donors (Lipinski definition) is 2. The smallest absolute Gasteiger partial charge is 0.191 e. The van der Waals surface area contributed by atoms with Gasteiger partial charge in [0.2, 0.25) is 0 Å². The van der Waals surface area contributed by atoms with Crippen LogP contribution in [0.4, 0.5) is 0 Å². The molecule has 1 saturated heterocycles. The molecule has 2 N–H and O–H groups in total. The second-order valence-corrected chi connectivity index (χ2v) is 8.05. The number of aliphatic imine (C=N–C) groups is 1. The van der Waals surface area contributed by atoms with E-state index in [0.717, 1.165) is 37.7 Å². The van der Waals surface area contributed by atoms with Crippen molar-refractivity contribution in [2.45, 2.75) is 52.6 Å². The maximum absolute atomic E-state index is 4.53. The summed E-state index contributed by atoms with van der Waals surface area (Å²) in [5.74, 6) is 0.870. The van der Waals surface area contributed by atoms with E-state index in [2.05, 4.69) is 74.5 Å². The van der Waals surface area contributed by atoms with E-state index in [1.54, 1.807) is 0 Å². The molecule has 6 heteroatoms. The summed E-state index contributed by atoms with van der Waals surface area (Å²) in [5, 5.41) is 11.5. The normalized spacial score (nSPS) is 16.2. The van der Waals surface area contributed by atoms with E-state index < -0.39 is 0 Å². The number of aromatic nitrogens is 2. The Kier molecular flexibility index (Phi) is 7.69. The van der Waals surface area contributed by atoms with Gasteiger partial charge in [0.15, 0.2) is 5.96 Å². The van der Waals surface area contributed by atoms with Crippen LogP contribution in [-0.2, 0) is 6.54 Å². The molecule has 3 rings (SSSR count). The first-order chi connectivity index (χ1) is 14.1. The number of hydrogen-bond acceptors (Lipinski definition) is 3. The number of rotatable bonds is 8. The fourth-order valence-corrected chi connectivity index (χ4v) is 4.05. The molecule has 6 nitrogen and oxygen atoms in total. The summed E-state index contributed by atoms with van der Waals surface area (Å²) in [4.78, 5) is 7.01. The van der Waals surface area contributed by atoms with Gasteiger partial charge in [-0.1, -0.05) is 29.8 Å². The molecule has 158 valence electrons. The Morgan fingerprint density at radius 3 is 2.45 bits per heavy atom. The number of guanidine groups is 1. The lowest BCUT2D eigenvalue weighted by Gasteiger charge is -2.29. The molecule has 0 bridgehead atoms. The molecule has 0 radical (unpaired) electrons. The standard InChI is InChI=1S/C23H36N6/c1-18-8-10-21(11-9-18)22(28-13-5-6-14-28)17-26-23(24-4)25-12-7-15-29-20(3)16-19(2)27-29/h8-11,16,22H,5-7,12-15,17H2,1-4H3,(H2,24,25,26). The molecule has 1 fully saturated rings. The predicted octanol–water partition coefficient (Wildman–Crippen LogP) is 3.20. The third kappa shape index (κ3) is 6.07. The second kappa shape index (κ2) is 10.4. The van der Waals surface area contributed by atoms with Crippen LogP contribution in [0.2, 0.25) is 0 Å². The minimum absolute atomic E-state index is 0.381. The lowest BCUT2D eigenvalue weighted by atomic mass is 10.0. The highest BCUT2D eigenvalue weighted by atomic mass is 15.3. The van der Waals surface area contributed by atoms with Crippen LogP contribution < -0.4 is 10.6 Å². The fourth-order valence-electron chi connectivity index (χ4n) is 4.05. The quantitative estimate of drug-likeness (QED) is 0.409. The SMILES string of the molecule is CN=C(NCCCn1nc(C)cc1C)NCC(c1ccc(C)cc1)N1CCCC1. The first-order valence-corrected chi connectivity index (χ1v) is 10.8. The van der Waals surface area contributed by atoms with Crippen LogP contribution in [0.25, 0.3) is 0 Å². The van der Waals surface area contributed by atoms with Gasteiger partial charge in [0.25, 0.3) is 0 Å². The van der Waals surface area contributed by atoms with Crippen LogP contribution >= 0.6 is 0 Å². The molecule has 1 aromatic carbocycles. The third-order valence-corrected chi connectivity index (χ3v) is 5.67. The van der Waals surface area contributed by atoms with Gasteiger partial charge in [0, 0.05) is 32.4 Å². The van der Waals surface area contributed by atoms with Crippen molar-refractivity contribution in [3.05, 3.63) is 52.8 Å². The lowest BCUT2D eigenvalue weighted by Crippen LogP contribution is -2.43. The van der Waals surface area contributed by atoms with Gasteiger partial charge in [0.1, 0.15) is 0 Å². The van der Waals surface area contributed by atoms with Crippen molar-refractivity contribution in [2.75, 3.05) is 33.2 Å². The van der Waals surface area contributed by atoms with Crippen molar-refractivity contribution in [3.63, 3.8) is 0 Å². The van der Waals surface area contributed by atoms with E-state index in [9.17, 15) is 0 Å². The van der Waals surface area contributed by atoms with Gasteiger partial charge in [-0.2, -0.15) is 5.10 Å². The molecule has 0 aliphatic carbocycles. The van der Waals surface area contributed by atoms with E-state index >= 15 is 0 Å². The van der Waals surface area contributed by atoms with Gasteiger partial charge in [-0.3, -0.25) is 14.6 Å². The molecular weight excluding hydrogens is 360 g/mol. The highest BCUT2D eigenvalue weighted by Gasteiger charge is 2.23. The summed E-state index contributed by atoms with van der Waals surface area (Å²) in [6.07, 6.45) is 3.60. The molecule has 1 atom stereocenters. The van der Waals surface area contributed by atoms with E-state index in [-0.39, 0.29) is 0 Å². The Labute approximate surface area is 175 Å². The minimum Gasteiger partial charge on any atom is -0.356 e. The van der Waals surface area contributed by atoms with Gasteiger partial charge >= 0.3 is 0 Å². The molecule has 1 unspecified atom stereocenters. The van der Waals surface area contributed by atoms with Gasteiger partial charge < -0.3 is 10.6 Å². The van der Waals surface area contributed by atoms with Crippen LogP contribution in [0.5, 0.6) is 0 Å². The van der Waals surface area contributed by atoms with Crippen molar-refractivity contribution in [2.24, 2.45) is 4.99 Å². The monoisotopic (exact) mass is 396 g/mol. The number of benzene rings is 1. The van der Waals surface area contributed by atoms with Crippen LogP contribution in [-0.4, -0.2) is 53.9 Å². The van der Waals surface area contributed by atoms with Gasteiger partial charge in [-0.15, -0.1) is 0 Å². The summed E-state index contributed by atoms with van der Waals surface area (Å²) in [5.41, 5.74) is 4.99. The number of aryl methyl sites for hydroxylation is 4. The second-order valence-electron chi connectivity index (χ2n) is 8.05. The summed E-state index contributed by atoms with van der Waals surface area (Å²) in [7, 11) is 1.84. The largest absolute Gasteiger partial charge is 0.356 e. The van der Waals surface area contributed by atoms with E-state index in [1.807, 2.05) is 14.0 Å². The van der Waals surface area contributed by atoms with Crippen molar-refractivity contribution in [1.82, 2.24) is 25.3 Å². The average molecular weight is 397 g/mol. The Morgan fingerprint density at radius 2 is 1.83 bits per heavy atom. The average Bonchev–Trinajstić information content (AvgIpc) is 3.34. The minimum atomic E-state index is 0.381. The van der Waals surface area contributed by atoms with Crippen molar-refractivity contribution in [1.29, 1.82) is 0 Å². The topological polar surface area (TPSA) is 57.5 Å². The first-order valence-electron chi connectivity index (χ1n) is 10.8. The molecule has 0 spiro atoms. The Balaban J connectivity index is 1.50. The van der Waals surface area contributed by atoms with Gasteiger partial charge in [0.05, 0.1) is 11.7 Å². The zero-order chi connectivity index (χ0) is 20.6. The van der Waals surface area contributed by atoms with Crippen molar-refractivity contribution >= 4 is 5.96 Å². The molecule has 1 aliphatic rings. The van der Waals surface area contributed by atoms with Crippen molar-refractivity contribution < 1.29 is 0 Å². The fraction of sp³-hybridized carbons (Fsp3) is 0.565. The highest BCUT2D eigenvalue weighted by Crippen LogP contribution is 2.24. The molecule has 2 heterocycles. The maximum atomic E-state index is 4.53. The van der Waals surface area contributed by atoms with Crippen LogP contribution in [0.3, 0.4) is 0 Å². The summed E-state index contributed by atoms with van der Waals surface area (Å²) < 4.78 is 2.08. The third-order valence-electron chi connectivity index (χ3n) is 5.67. The van der Waals surface area contributed by atoms with Gasteiger partial charge in [-0.05, 0) is 64.8 Å². The van der Waals surface area contributed by atoms with E-state index in [1.165, 1.54) is 42.8 Å². The van der Waals surface area contributed by atoms with Crippen LogP contribution in [0.1, 0.15) is 47.8 Å². The molecule has 0 amide bonds. The zero-order valence-corrected chi connectivity index (χ0v) is 18.4. The number of nitrogens with one attached hydrogen (secondary N) is 2. The summed E-state index contributed by atoms with van der Waals surface area (Å²) in [6.45, 7) is 11.3. The zero-order valence-electron chi connectivity index (χ0n) is 18.4. The first kappa shape index (κ1) is 21.4. The maximum Gasteiger partial charge on any atom is 0.191 e. The molecule has 0 saturated carbocycles. The molecule has 2 aromatic rings. The molecular formula is C23H36N6. The molecule has 1 aliphatic heterocycles.